The summed E-state index contributed by atoms with van der Waals surface area (Å²) >= 11 is 6.15. The van der Waals surface area contributed by atoms with Crippen molar-refractivity contribution in [2.45, 2.75) is 33.2 Å². The fourth-order valence-corrected chi connectivity index (χ4v) is 3.20. The minimum absolute atomic E-state index is 0.180. The van der Waals surface area contributed by atoms with Crippen LogP contribution in [0, 0.1) is 6.92 Å². The Labute approximate surface area is 184 Å². The molecule has 0 saturated carbocycles. The number of aromatic nitrogens is 5. The maximum absolute atomic E-state index is 12.6. The van der Waals surface area contributed by atoms with Crippen LogP contribution in [0.25, 0.3) is 17.3 Å². The van der Waals surface area contributed by atoms with E-state index < -0.39 is 0 Å². The molecule has 4 rings (SSSR count). The van der Waals surface area contributed by atoms with Crippen LogP contribution in [0.5, 0.6) is 0 Å². The summed E-state index contributed by atoms with van der Waals surface area (Å²) in [5.41, 5.74) is 2.71. The smallest absolute Gasteiger partial charge is 0.259 e. The number of benzene rings is 1. The first-order chi connectivity index (χ1) is 14.9. The summed E-state index contributed by atoms with van der Waals surface area (Å²) in [6, 6.07) is 11.0. The van der Waals surface area contributed by atoms with Crippen molar-refractivity contribution in [3.63, 3.8) is 0 Å². The fourth-order valence-electron chi connectivity index (χ4n) is 3.00. The second kappa shape index (κ2) is 8.69. The van der Waals surface area contributed by atoms with Gasteiger partial charge in [0, 0.05) is 23.7 Å². The minimum atomic E-state index is -0.229. The molecule has 0 bridgehead atoms. The van der Waals surface area contributed by atoms with Crippen molar-refractivity contribution < 1.29 is 9.32 Å². The molecule has 4 aromatic rings. The molecule has 3 heterocycles. The number of amides is 1. The van der Waals surface area contributed by atoms with Gasteiger partial charge in [0.1, 0.15) is 0 Å². The van der Waals surface area contributed by atoms with E-state index in [1.807, 2.05) is 45.0 Å². The summed E-state index contributed by atoms with van der Waals surface area (Å²) < 4.78 is 6.92. The number of carbonyl (C=O) groups excluding carboxylic acids is 1. The summed E-state index contributed by atoms with van der Waals surface area (Å²) in [5.74, 6) is 1.59. The van der Waals surface area contributed by atoms with Gasteiger partial charge in [0.15, 0.2) is 11.6 Å². The van der Waals surface area contributed by atoms with Gasteiger partial charge in [0.25, 0.3) is 11.8 Å². The fraction of sp³-hybridized carbons (Fsp3) is 0.227. The lowest BCUT2D eigenvalue weighted by Crippen LogP contribution is -2.23. The topological polar surface area (TPSA) is 98.7 Å². The van der Waals surface area contributed by atoms with E-state index in [4.69, 9.17) is 16.1 Å². The van der Waals surface area contributed by atoms with Gasteiger partial charge in [0.2, 0.25) is 0 Å². The Morgan fingerprint density at radius 3 is 2.68 bits per heavy atom. The molecule has 3 aromatic heterocycles. The molecule has 31 heavy (non-hydrogen) atoms. The van der Waals surface area contributed by atoms with Crippen LogP contribution < -0.4 is 5.32 Å². The number of halogens is 1. The zero-order valence-corrected chi connectivity index (χ0v) is 18.1. The first-order valence-corrected chi connectivity index (χ1v) is 10.2. The standard InChI is InChI=1S/C22H21ClN6O2/c1-13(2)20-27-22(31-28-20)16-8-9-19(24-11-16)29-14(3)17(12-26-29)21(30)25-10-15-6-4-5-7-18(15)23/h4-9,11-13H,10H2,1-3H3,(H,25,30). The van der Waals surface area contributed by atoms with Gasteiger partial charge in [-0.15, -0.1) is 0 Å². The number of nitrogens with zero attached hydrogens (tertiary/aromatic N) is 5. The molecule has 1 N–H and O–H groups in total. The molecular formula is C22H21ClN6O2. The highest BCUT2D eigenvalue weighted by molar-refractivity contribution is 6.31. The molecule has 1 amide bonds. The monoisotopic (exact) mass is 436 g/mol. The SMILES string of the molecule is Cc1c(C(=O)NCc2ccccc2Cl)cnn1-c1ccc(-c2nc(C(C)C)no2)cn1. The highest BCUT2D eigenvalue weighted by Crippen LogP contribution is 2.21. The molecular weight excluding hydrogens is 416 g/mol. The normalized spacial score (nSPS) is 11.1. The third-order valence-electron chi connectivity index (χ3n) is 4.82. The number of hydrogen-bond acceptors (Lipinski definition) is 6. The van der Waals surface area contributed by atoms with Gasteiger partial charge in [-0.2, -0.15) is 10.1 Å². The second-order valence-corrected chi connectivity index (χ2v) is 7.75. The largest absolute Gasteiger partial charge is 0.348 e. The lowest BCUT2D eigenvalue weighted by molar-refractivity contribution is 0.0950. The third-order valence-corrected chi connectivity index (χ3v) is 5.19. The predicted octanol–water partition coefficient (Wildman–Crippen LogP) is 4.33. The molecule has 158 valence electrons. The Kier molecular flexibility index (Phi) is 5.81. The van der Waals surface area contributed by atoms with Crippen LogP contribution in [0.15, 0.2) is 53.3 Å². The van der Waals surface area contributed by atoms with E-state index in [9.17, 15) is 4.79 Å². The second-order valence-electron chi connectivity index (χ2n) is 7.35. The maximum Gasteiger partial charge on any atom is 0.259 e. The molecule has 0 saturated heterocycles. The maximum atomic E-state index is 12.6. The molecule has 0 fully saturated rings. The Hall–Kier alpha value is -3.52. The van der Waals surface area contributed by atoms with Crippen molar-refractivity contribution >= 4 is 17.5 Å². The zero-order chi connectivity index (χ0) is 22.0. The van der Waals surface area contributed by atoms with Crippen LogP contribution in [0.2, 0.25) is 5.02 Å². The number of pyridine rings is 1. The van der Waals surface area contributed by atoms with Gasteiger partial charge < -0.3 is 9.84 Å². The van der Waals surface area contributed by atoms with Gasteiger partial charge in [0.05, 0.1) is 23.0 Å². The molecule has 0 radical (unpaired) electrons. The van der Waals surface area contributed by atoms with Crippen LogP contribution in [0.3, 0.4) is 0 Å². The van der Waals surface area contributed by atoms with Crippen LogP contribution in [-0.2, 0) is 6.54 Å². The average Bonchev–Trinajstić information content (AvgIpc) is 3.40. The summed E-state index contributed by atoms with van der Waals surface area (Å²) in [7, 11) is 0. The third kappa shape index (κ3) is 4.34. The van der Waals surface area contributed by atoms with Gasteiger partial charge in [-0.05, 0) is 30.7 Å². The van der Waals surface area contributed by atoms with Crippen LogP contribution in [-0.4, -0.2) is 30.8 Å². The number of hydrogen-bond donors (Lipinski definition) is 1. The lowest BCUT2D eigenvalue weighted by Gasteiger charge is -2.07. The quantitative estimate of drug-likeness (QED) is 0.483. The Morgan fingerprint density at radius 1 is 1.19 bits per heavy atom. The highest BCUT2D eigenvalue weighted by atomic mass is 35.5. The van der Waals surface area contributed by atoms with Crippen molar-refractivity contribution in [2.75, 3.05) is 0 Å². The van der Waals surface area contributed by atoms with Crippen LogP contribution >= 0.6 is 11.6 Å². The number of rotatable bonds is 6. The Morgan fingerprint density at radius 2 is 2.00 bits per heavy atom. The van der Waals surface area contributed by atoms with E-state index in [2.05, 4.69) is 25.5 Å². The van der Waals surface area contributed by atoms with E-state index in [1.165, 1.54) is 6.20 Å². The summed E-state index contributed by atoms with van der Waals surface area (Å²) in [6.45, 7) is 6.15. The molecule has 0 aliphatic heterocycles. The van der Waals surface area contributed by atoms with Crippen LogP contribution in [0.4, 0.5) is 0 Å². The molecule has 9 heteroatoms. The molecule has 0 atom stereocenters. The first-order valence-electron chi connectivity index (χ1n) is 9.80. The van der Waals surface area contributed by atoms with Crippen LogP contribution in [0.1, 0.15) is 47.2 Å². The zero-order valence-electron chi connectivity index (χ0n) is 17.3. The summed E-state index contributed by atoms with van der Waals surface area (Å²) in [5, 5.41) is 11.8. The van der Waals surface area contributed by atoms with Crippen molar-refractivity contribution in [1.82, 2.24) is 30.2 Å². The van der Waals surface area contributed by atoms with E-state index in [1.54, 1.807) is 23.0 Å². The van der Waals surface area contributed by atoms with E-state index in [0.29, 0.717) is 45.9 Å². The van der Waals surface area contributed by atoms with Crippen molar-refractivity contribution in [3.8, 4) is 17.3 Å². The molecule has 8 nitrogen and oxygen atoms in total. The number of carbonyl (C=O) groups is 1. The highest BCUT2D eigenvalue weighted by Gasteiger charge is 2.17. The van der Waals surface area contributed by atoms with Crippen molar-refractivity contribution in [1.29, 1.82) is 0 Å². The molecule has 0 aliphatic carbocycles. The van der Waals surface area contributed by atoms with Crippen molar-refractivity contribution in [2.24, 2.45) is 0 Å². The Bertz CT molecular complexity index is 1210. The van der Waals surface area contributed by atoms with Crippen molar-refractivity contribution in [3.05, 3.63) is 76.5 Å². The lowest BCUT2D eigenvalue weighted by atomic mass is 10.2. The predicted molar refractivity (Wildman–Crippen MR) is 116 cm³/mol. The van der Waals surface area contributed by atoms with E-state index in [-0.39, 0.29) is 11.8 Å². The Balaban J connectivity index is 1.49. The first kappa shape index (κ1) is 20.7. The summed E-state index contributed by atoms with van der Waals surface area (Å²) in [4.78, 5) is 21.5. The van der Waals surface area contributed by atoms with Gasteiger partial charge in [-0.25, -0.2) is 9.67 Å². The minimum Gasteiger partial charge on any atom is -0.348 e. The summed E-state index contributed by atoms with van der Waals surface area (Å²) in [6.07, 6.45) is 3.17. The van der Waals surface area contributed by atoms with E-state index >= 15 is 0 Å². The molecule has 0 unspecified atom stereocenters. The molecule has 0 aliphatic rings. The molecule has 0 spiro atoms. The van der Waals surface area contributed by atoms with Gasteiger partial charge in [-0.3, -0.25) is 4.79 Å². The average molecular weight is 437 g/mol. The van der Waals surface area contributed by atoms with E-state index in [0.717, 1.165) is 5.56 Å². The van der Waals surface area contributed by atoms with Gasteiger partial charge in [-0.1, -0.05) is 48.8 Å². The molecule has 1 aromatic carbocycles. The van der Waals surface area contributed by atoms with Gasteiger partial charge >= 0.3 is 0 Å². The number of nitrogens with one attached hydrogen (secondary N) is 1.